The van der Waals surface area contributed by atoms with E-state index in [2.05, 4.69) is 21.4 Å². The summed E-state index contributed by atoms with van der Waals surface area (Å²) in [7, 11) is 1.66. The first-order valence-corrected chi connectivity index (χ1v) is 5.98. The summed E-state index contributed by atoms with van der Waals surface area (Å²) in [5.41, 5.74) is 0. The van der Waals surface area contributed by atoms with E-state index in [0.29, 0.717) is 26.1 Å². The van der Waals surface area contributed by atoms with Crippen molar-refractivity contribution in [3.05, 3.63) is 12.4 Å². The normalized spacial score (nSPS) is 9.83. The zero-order chi connectivity index (χ0) is 13.2. The average molecular weight is 249 g/mol. The molecule has 98 valence electrons. The number of rotatable bonds is 8. The lowest BCUT2D eigenvalue weighted by Crippen LogP contribution is -2.29. The maximum atomic E-state index is 8.67. The van der Waals surface area contributed by atoms with Gasteiger partial charge in [0.15, 0.2) is 0 Å². The van der Waals surface area contributed by atoms with E-state index in [-0.39, 0.29) is 0 Å². The fraction of sp³-hybridized carbons (Fsp3) is 0.583. The lowest BCUT2D eigenvalue weighted by molar-refractivity contribution is 0.205. The number of hydrogen-bond acceptors (Lipinski definition) is 6. The van der Waals surface area contributed by atoms with Crippen molar-refractivity contribution >= 4 is 11.6 Å². The highest BCUT2D eigenvalue weighted by Gasteiger charge is 2.08. The summed E-state index contributed by atoms with van der Waals surface area (Å²) in [5, 5.41) is 11.8. The Hall–Kier alpha value is -1.87. The van der Waals surface area contributed by atoms with Crippen LogP contribution < -0.4 is 10.2 Å². The van der Waals surface area contributed by atoms with E-state index in [9.17, 15) is 0 Å². The molecule has 0 saturated carbocycles. The molecule has 6 nitrogen and oxygen atoms in total. The van der Waals surface area contributed by atoms with E-state index in [4.69, 9.17) is 10.00 Å². The first-order chi connectivity index (χ1) is 8.81. The minimum absolute atomic E-state index is 0.463. The first kappa shape index (κ1) is 14.2. The lowest BCUT2D eigenvalue weighted by atomic mass is 10.3. The van der Waals surface area contributed by atoms with E-state index in [1.807, 2.05) is 17.9 Å². The van der Waals surface area contributed by atoms with Gasteiger partial charge >= 0.3 is 0 Å². The third-order valence-electron chi connectivity index (χ3n) is 2.39. The zero-order valence-corrected chi connectivity index (χ0v) is 10.9. The number of aromatic nitrogens is 2. The topological polar surface area (TPSA) is 74.1 Å². The highest BCUT2D eigenvalue weighted by molar-refractivity contribution is 5.48. The summed E-state index contributed by atoms with van der Waals surface area (Å²) in [6.07, 6.45) is 1.99. The minimum Gasteiger partial charge on any atom is -0.383 e. The molecule has 18 heavy (non-hydrogen) atoms. The summed E-state index contributed by atoms with van der Waals surface area (Å²) in [6, 6.07) is 4.03. The van der Waals surface area contributed by atoms with Gasteiger partial charge in [0.2, 0.25) is 0 Å². The maximum absolute atomic E-state index is 8.67. The second kappa shape index (κ2) is 8.25. The molecule has 1 rings (SSSR count). The minimum atomic E-state index is 0.463. The third-order valence-corrected chi connectivity index (χ3v) is 2.39. The predicted molar refractivity (Wildman–Crippen MR) is 70.5 cm³/mol. The molecule has 0 aliphatic carbocycles. The van der Waals surface area contributed by atoms with Gasteiger partial charge in [-0.05, 0) is 6.92 Å². The van der Waals surface area contributed by atoms with Crippen LogP contribution in [0.4, 0.5) is 11.6 Å². The lowest BCUT2D eigenvalue weighted by Gasteiger charge is -2.22. The largest absolute Gasteiger partial charge is 0.383 e. The maximum Gasteiger partial charge on any atom is 0.134 e. The van der Waals surface area contributed by atoms with Gasteiger partial charge in [-0.25, -0.2) is 9.97 Å². The van der Waals surface area contributed by atoms with Gasteiger partial charge in [-0.1, -0.05) is 0 Å². The van der Waals surface area contributed by atoms with Crippen LogP contribution >= 0.6 is 0 Å². The van der Waals surface area contributed by atoms with Crippen molar-refractivity contribution in [3.63, 3.8) is 0 Å². The molecule has 1 aromatic rings. The molecular weight excluding hydrogens is 230 g/mol. The van der Waals surface area contributed by atoms with Crippen molar-refractivity contribution < 1.29 is 4.74 Å². The smallest absolute Gasteiger partial charge is 0.134 e. The quantitative estimate of drug-likeness (QED) is 0.748. The molecular formula is C12H19N5O. The summed E-state index contributed by atoms with van der Waals surface area (Å²) >= 11 is 0. The van der Waals surface area contributed by atoms with Crippen LogP contribution in [-0.2, 0) is 4.74 Å². The van der Waals surface area contributed by atoms with Crippen LogP contribution in [-0.4, -0.2) is 43.3 Å². The molecule has 0 amide bonds. The molecule has 0 radical (unpaired) electrons. The summed E-state index contributed by atoms with van der Waals surface area (Å²) in [5.74, 6) is 1.61. The molecule has 0 aliphatic heterocycles. The van der Waals surface area contributed by atoms with Crippen molar-refractivity contribution in [2.24, 2.45) is 0 Å². The molecule has 0 spiro atoms. The number of nitrogens with zero attached hydrogens (tertiary/aromatic N) is 4. The van der Waals surface area contributed by atoms with E-state index in [1.165, 1.54) is 6.33 Å². The van der Waals surface area contributed by atoms with Gasteiger partial charge in [0.05, 0.1) is 19.1 Å². The Labute approximate surface area is 108 Å². The van der Waals surface area contributed by atoms with Crippen LogP contribution in [0.15, 0.2) is 12.4 Å². The summed E-state index contributed by atoms with van der Waals surface area (Å²) < 4.78 is 5.07. The molecule has 1 heterocycles. The standard InChI is InChI=1S/C12H19N5O/c1-3-14-11-9-12(16-10-15-11)17(6-4-5-13)7-8-18-2/h9-10H,3-4,6-8H2,1-2H3,(H,14,15,16). The van der Waals surface area contributed by atoms with Gasteiger partial charge in [0.25, 0.3) is 0 Å². The van der Waals surface area contributed by atoms with Crippen LogP contribution in [0.1, 0.15) is 13.3 Å². The van der Waals surface area contributed by atoms with Gasteiger partial charge in [-0.15, -0.1) is 0 Å². The molecule has 6 heteroatoms. The Morgan fingerprint density at radius 2 is 2.28 bits per heavy atom. The van der Waals surface area contributed by atoms with Gasteiger partial charge in [0, 0.05) is 32.8 Å². The van der Waals surface area contributed by atoms with E-state index < -0.39 is 0 Å². The highest BCUT2D eigenvalue weighted by Crippen LogP contribution is 2.14. The van der Waals surface area contributed by atoms with Crippen LogP contribution in [0.25, 0.3) is 0 Å². The molecule has 0 saturated heterocycles. The fourth-order valence-electron chi connectivity index (χ4n) is 1.53. The Kier molecular flexibility index (Phi) is 6.51. The summed E-state index contributed by atoms with van der Waals surface area (Å²) in [6.45, 7) is 4.78. The molecule has 0 aromatic carbocycles. The number of nitrogens with one attached hydrogen (secondary N) is 1. The third kappa shape index (κ3) is 4.55. The Morgan fingerprint density at radius 3 is 2.94 bits per heavy atom. The summed E-state index contributed by atoms with van der Waals surface area (Å²) in [4.78, 5) is 10.4. The second-order valence-corrected chi connectivity index (χ2v) is 3.68. The zero-order valence-electron chi connectivity index (χ0n) is 10.9. The molecule has 0 aliphatic rings. The van der Waals surface area contributed by atoms with Gasteiger partial charge in [0.1, 0.15) is 18.0 Å². The molecule has 0 fully saturated rings. The molecule has 0 atom stereocenters. The number of hydrogen-bond donors (Lipinski definition) is 1. The molecule has 0 bridgehead atoms. The van der Waals surface area contributed by atoms with Crippen molar-refractivity contribution in [3.8, 4) is 6.07 Å². The van der Waals surface area contributed by atoms with Crippen molar-refractivity contribution in [2.75, 3.05) is 43.6 Å². The van der Waals surface area contributed by atoms with Gasteiger partial charge in [-0.3, -0.25) is 0 Å². The number of methoxy groups -OCH3 is 1. The van der Waals surface area contributed by atoms with Gasteiger partial charge < -0.3 is 15.0 Å². The van der Waals surface area contributed by atoms with Crippen LogP contribution in [0.3, 0.4) is 0 Å². The van der Waals surface area contributed by atoms with Crippen molar-refractivity contribution in [1.29, 1.82) is 5.26 Å². The van der Waals surface area contributed by atoms with Crippen LogP contribution in [0.5, 0.6) is 0 Å². The Bertz CT molecular complexity index is 390. The number of ether oxygens (including phenoxy) is 1. The van der Waals surface area contributed by atoms with Crippen molar-refractivity contribution in [1.82, 2.24) is 9.97 Å². The average Bonchev–Trinajstić information content (AvgIpc) is 2.40. The number of anilines is 2. The Morgan fingerprint density at radius 1 is 1.44 bits per heavy atom. The second-order valence-electron chi connectivity index (χ2n) is 3.68. The highest BCUT2D eigenvalue weighted by atomic mass is 16.5. The van der Waals surface area contributed by atoms with Gasteiger partial charge in [-0.2, -0.15) is 5.26 Å². The molecule has 1 N–H and O–H groups in total. The predicted octanol–water partition coefficient (Wildman–Crippen LogP) is 1.27. The molecule has 0 unspecified atom stereocenters. The monoisotopic (exact) mass is 249 g/mol. The fourth-order valence-corrected chi connectivity index (χ4v) is 1.53. The van der Waals surface area contributed by atoms with Crippen LogP contribution in [0, 0.1) is 11.3 Å². The SMILES string of the molecule is CCNc1cc(N(CCC#N)CCOC)ncn1. The van der Waals surface area contributed by atoms with E-state index in [1.54, 1.807) is 7.11 Å². The van der Waals surface area contributed by atoms with E-state index >= 15 is 0 Å². The van der Waals surface area contributed by atoms with E-state index in [0.717, 1.165) is 18.2 Å². The first-order valence-electron chi connectivity index (χ1n) is 5.98. The molecule has 1 aromatic heterocycles. The van der Waals surface area contributed by atoms with Crippen molar-refractivity contribution in [2.45, 2.75) is 13.3 Å². The number of nitriles is 1. The Balaban J connectivity index is 2.75. The van der Waals surface area contributed by atoms with Crippen LogP contribution in [0.2, 0.25) is 0 Å².